The number of alkyl carbamates (subject to hydrolysis) is 1. The van der Waals surface area contributed by atoms with Crippen LogP contribution in [0.15, 0.2) is 66.7 Å². The molecule has 3 aromatic rings. The first-order valence-corrected chi connectivity index (χ1v) is 13.5. The van der Waals surface area contributed by atoms with Gasteiger partial charge in [0.2, 0.25) is 5.91 Å². The number of carbonyl (C=O) groups is 3. The molecule has 0 aliphatic rings. The third kappa shape index (κ3) is 8.38. The molecule has 0 radical (unpaired) electrons. The summed E-state index contributed by atoms with van der Waals surface area (Å²) >= 11 is 6.34. The van der Waals surface area contributed by atoms with E-state index in [-0.39, 0.29) is 28.5 Å². The van der Waals surface area contributed by atoms with Gasteiger partial charge in [-0.05, 0) is 63.1 Å². The Morgan fingerprint density at radius 2 is 1.69 bits per heavy atom. The van der Waals surface area contributed by atoms with Crippen LogP contribution in [0.5, 0.6) is 11.5 Å². The van der Waals surface area contributed by atoms with E-state index < -0.39 is 42.1 Å². The van der Waals surface area contributed by atoms with Crippen LogP contribution in [0, 0.1) is 18.3 Å². The van der Waals surface area contributed by atoms with Gasteiger partial charge >= 0.3 is 6.09 Å². The van der Waals surface area contributed by atoms with Gasteiger partial charge < -0.3 is 30.5 Å². The summed E-state index contributed by atoms with van der Waals surface area (Å²) in [5.74, 6) is -1.79. The highest BCUT2D eigenvalue weighted by molar-refractivity contribution is 6.34. The van der Waals surface area contributed by atoms with Gasteiger partial charge in [0.05, 0.1) is 16.8 Å². The van der Waals surface area contributed by atoms with Gasteiger partial charge in [0.1, 0.15) is 35.7 Å². The molecule has 0 spiro atoms. The molecule has 0 fully saturated rings. The van der Waals surface area contributed by atoms with E-state index in [0.717, 1.165) is 4.90 Å². The molecule has 220 valence electrons. The number of amides is 3. The predicted octanol–water partition coefficient (Wildman–Crippen LogP) is 5.23. The first-order valence-electron chi connectivity index (χ1n) is 13.1. The number of hydrogen-bond acceptors (Lipinski definition) is 7. The van der Waals surface area contributed by atoms with Gasteiger partial charge in [0.25, 0.3) is 5.91 Å². The Morgan fingerprint density at radius 3 is 2.29 bits per heavy atom. The fraction of sp³-hybridized carbons (Fsp3) is 0.290. The summed E-state index contributed by atoms with van der Waals surface area (Å²) in [6, 6.07) is 16.2. The van der Waals surface area contributed by atoms with Crippen molar-refractivity contribution in [2.45, 2.75) is 51.8 Å². The van der Waals surface area contributed by atoms with Crippen LogP contribution in [-0.4, -0.2) is 51.2 Å². The van der Waals surface area contributed by atoms with Gasteiger partial charge in [-0.25, -0.2) is 4.79 Å². The average Bonchev–Trinajstić information content (AvgIpc) is 2.91. The van der Waals surface area contributed by atoms with Gasteiger partial charge in [-0.3, -0.25) is 9.59 Å². The summed E-state index contributed by atoms with van der Waals surface area (Å²) in [4.78, 5) is 41.9. The number of nitrogens with one attached hydrogen (secondary N) is 2. The zero-order valence-corrected chi connectivity index (χ0v) is 24.5. The normalized spacial score (nSPS) is 12.4. The molecular formula is C31H33ClN4O6. The molecule has 0 heterocycles. The first kappa shape index (κ1) is 31.8. The zero-order valence-electron chi connectivity index (χ0n) is 23.7. The highest BCUT2D eigenvalue weighted by atomic mass is 35.5. The summed E-state index contributed by atoms with van der Waals surface area (Å²) in [6.45, 7) is 6.18. The molecule has 3 rings (SSSR count). The number of ether oxygens (including phenoxy) is 1. The van der Waals surface area contributed by atoms with Crippen molar-refractivity contribution in [2.75, 3.05) is 11.9 Å². The molecule has 0 saturated carbocycles. The maximum absolute atomic E-state index is 14.2. The van der Waals surface area contributed by atoms with E-state index in [0.29, 0.717) is 16.8 Å². The topological polar surface area (TPSA) is 152 Å². The van der Waals surface area contributed by atoms with Crippen molar-refractivity contribution < 1.29 is 29.3 Å². The van der Waals surface area contributed by atoms with E-state index in [4.69, 9.17) is 16.3 Å². The SMILES string of the molecule is Cc1cccc(Cl)c1NC(=O)C(c1ccccc1O)N(CC#N)C(=O)C(Cc1ccc(O)cc1)NC(=O)OC(C)(C)C. The fourth-order valence-corrected chi connectivity index (χ4v) is 4.51. The molecule has 2 atom stereocenters. The minimum absolute atomic E-state index is 0.0130. The Kier molecular flexibility index (Phi) is 10.4. The van der Waals surface area contributed by atoms with Crippen LogP contribution >= 0.6 is 11.6 Å². The van der Waals surface area contributed by atoms with Crippen LogP contribution in [-0.2, 0) is 20.7 Å². The summed E-state index contributed by atoms with van der Waals surface area (Å²) in [7, 11) is 0. The first-order chi connectivity index (χ1) is 19.8. The smallest absolute Gasteiger partial charge is 0.408 e. The van der Waals surface area contributed by atoms with E-state index in [2.05, 4.69) is 10.6 Å². The summed E-state index contributed by atoms with van der Waals surface area (Å²) < 4.78 is 5.37. The number of nitrogens with zero attached hydrogens (tertiary/aromatic N) is 2. The number of carbonyl (C=O) groups excluding carboxylic acids is 3. The quantitative estimate of drug-likeness (QED) is 0.248. The third-order valence-corrected chi connectivity index (χ3v) is 6.47. The van der Waals surface area contributed by atoms with E-state index >= 15 is 0 Å². The molecule has 2 unspecified atom stereocenters. The number of aryl methyl sites for hydroxylation is 1. The highest BCUT2D eigenvalue weighted by Crippen LogP contribution is 2.33. The van der Waals surface area contributed by atoms with Crippen molar-refractivity contribution in [3.63, 3.8) is 0 Å². The molecule has 0 aromatic heterocycles. The van der Waals surface area contributed by atoms with Crippen molar-refractivity contribution in [2.24, 2.45) is 0 Å². The number of aromatic hydroxyl groups is 2. The molecule has 0 saturated heterocycles. The number of para-hydroxylation sites is 2. The summed E-state index contributed by atoms with van der Waals surface area (Å²) in [5.41, 5.74) is 0.731. The summed E-state index contributed by atoms with van der Waals surface area (Å²) in [5, 5.41) is 35.7. The lowest BCUT2D eigenvalue weighted by atomic mass is 9.99. The van der Waals surface area contributed by atoms with Crippen molar-refractivity contribution >= 4 is 35.2 Å². The standard InChI is InChI=1S/C31H33ClN4O6/c1-19-8-7-10-23(32)26(19)35-28(39)27(22-9-5-6-11-25(22)38)36(17-16-33)29(40)24(34-30(41)42-31(2,3)4)18-20-12-14-21(37)15-13-20/h5-15,24,27,37-38H,17-18H2,1-4H3,(H,34,41)(H,35,39). The van der Waals surface area contributed by atoms with E-state index in [1.165, 1.54) is 24.3 Å². The monoisotopic (exact) mass is 592 g/mol. The minimum atomic E-state index is -1.49. The second-order valence-corrected chi connectivity index (χ2v) is 11.0. The molecule has 0 aliphatic carbocycles. The van der Waals surface area contributed by atoms with Crippen LogP contribution in [0.3, 0.4) is 0 Å². The molecule has 0 aliphatic heterocycles. The molecule has 3 amide bonds. The molecular weight excluding hydrogens is 560 g/mol. The maximum atomic E-state index is 14.2. The van der Waals surface area contributed by atoms with Gasteiger partial charge in [-0.1, -0.05) is 54.1 Å². The Labute approximate surface area is 249 Å². The molecule has 11 heteroatoms. The van der Waals surface area contributed by atoms with Gasteiger partial charge in [-0.2, -0.15) is 5.26 Å². The lowest BCUT2D eigenvalue weighted by Gasteiger charge is -2.33. The lowest BCUT2D eigenvalue weighted by Crippen LogP contribution is -2.53. The van der Waals surface area contributed by atoms with E-state index in [9.17, 15) is 29.9 Å². The highest BCUT2D eigenvalue weighted by Gasteiger charge is 2.38. The largest absolute Gasteiger partial charge is 0.508 e. The zero-order chi connectivity index (χ0) is 31.0. The van der Waals surface area contributed by atoms with Crippen LogP contribution in [0.4, 0.5) is 10.5 Å². The number of benzene rings is 3. The Morgan fingerprint density at radius 1 is 1.02 bits per heavy atom. The number of anilines is 1. The number of rotatable bonds is 9. The average molecular weight is 593 g/mol. The van der Waals surface area contributed by atoms with E-state index in [1.54, 1.807) is 70.2 Å². The Balaban J connectivity index is 2.08. The second-order valence-electron chi connectivity index (χ2n) is 10.6. The Hall–Kier alpha value is -4.75. The van der Waals surface area contributed by atoms with Crippen LogP contribution < -0.4 is 10.6 Å². The fourth-order valence-electron chi connectivity index (χ4n) is 4.24. The summed E-state index contributed by atoms with van der Waals surface area (Å²) in [6.07, 6.45) is -0.939. The van der Waals surface area contributed by atoms with Crippen molar-refractivity contribution in [1.82, 2.24) is 10.2 Å². The van der Waals surface area contributed by atoms with Crippen LogP contribution in [0.2, 0.25) is 5.02 Å². The van der Waals surface area contributed by atoms with Crippen LogP contribution in [0.25, 0.3) is 0 Å². The van der Waals surface area contributed by atoms with Gasteiger partial charge in [0.15, 0.2) is 0 Å². The number of halogens is 1. The van der Waals surface area contributed by atoms with Gasteiger partial charge in [0, 0.05) is 12.0 Å². The van der Waals surface area contributed by atoms with Crippen molar-refractivity contribution in [3.8, 4) is 17.6 Å². The van der Waals surface area contributed by atoms with Gasteiger partial charge in [-0.15, -0.1) is 0 Å². The molecule has 10 nitrogen and oxygen atoms in total. The molecule has 42 heavy (non-hydrogen) atoms. The number of nitriles is 1. The molecule has 3 aromatic carbocycles. The van der Waals surface area contributed by atoms with Crippen molar-refractivity contribution in [3.05, 3.63) is 88.4 Å². The van der Waals surface area contributed by atoms with Crippen LogP contribution in [0.1, 0.15) is 43.5 Å². The lowest BCUT2D eigenvalue weighted by molar-refractivity contribution is -0.140. The Bertz CT molecular complexity index is 1460. The van der Waals surface area contributed by atoms with E-state index in [1.807, 2.05) is 6.07 Å². The molecule has 0 bridgehead atoms. The number of hydrogen-bond donors (Lipinski definition) is 4. The maximum Gasteiger partial charge on any atom is 0.408 e. The minimum Gasteiger partial charge on any atom is -0.508 e. The van der Waals surface area contributed by atoms with Crippen molar-refractivity contribution in [1.29, 1.82) is 5.26 Å². The number of phenolic OH excluding ortho intramolecular Hbond substituents is 2. The number of phenols is 2. The third-order valence-electron chi connectivity index (χ3n) is 6.15. The molecule has 4 N–H and O–H groups in total. The predicted molar refractivity (Wildman–Crippen MR) is 158 cm³/mol. The second kappa shape index (κ2) is 13.7.